The summed E-state index contributed by atoms with van der Waals surface area (Å²) in [5.74, 6) is 0.747. The van der Waals surface area contributed by atoms with Crippen molar-refractivity contribution in [3.8, 4) is 0 Å². The molecule has 0 aliphatic carbocycles. The van der Waals surface area contributed by atoms with E-state index in [4.69, 9.17) is 0 Å². The summed E-state index contributed by atoms with van der Waals surface area (Å²) in [6.07, 6.45) is 1.11. The molecule has 1 aromatic carbocycles. The maximum Gasteiger partial charge on any atom is 0.255 e. The Morgan fingerprint density at radius 3 is 2.52 bits per heavy atom. The lowest BCUT2D eigenvalue weighted by Crippen LogP contribution is -2.31. The standard InChI is InChI=1S/C18H28N2O/c1-13(2)19-16-9-7-6-8-15(16)17(21)20-11-10-14(12-20)18(3,4)5/h6-9,13-14,19H,10-12H2,1-5H3. The third-order valence-electron chi connectivity index (χ3n) is 4.30. The number of benzene rings is 1. The molecule has 1 unspecified atom stereocenters. The first-order valence-electron chi connectivity index (χ1n) is 7.94. The highest BCUT2D eigenvalue weighted by Gasteiger charge is 2.34. The van der Waals surface area contributed by atoms with Gasteiger partial charge in [-0.1, -0.05) is 32.9 Å². The monoisotopic (exact) mass is 288 g/mol. The van der Waals surface area contributed by atoms with Crippen molar-refractivity contribution in [3.05, 3.63) is 29.8 Å². The van der Waals surface area contributed by atoms with Crippen molar-refractivity contribution in [2.24, 2.45) is 11.3 Å². The van der Waals surface area contributed by atoms with Gasteiger partial charge in [0, 0.05) is 24.8 Å². The first kappa shape index (κ1) is 15.9. The van der Waals surface area contributed by atoms with Crippen molar-refractivity contribution in [1.82, 2.24) is 4.90 Å². The van der Waals surface area contributed by atoms with Gasteiger partial charge in [0.25, 0.3) is 5.91 Å². The SMILES string of the molecule is CC(C)Nc1ccccc1C(=O)N1CCC(C(C)(C)C)C1. The number of carbonyl (C=O) groups excluding carboxylic acids is 1. The predicted molar refractivity (Wildman–Crippen MR) is 88.7 cm³/mol. The fourth-order valence-electron chi connectivity index (χ4n) is 2.93. The number of nitrogens with one attached hydrogen (secondary N) is 1. The Bertz CT molecular complexity index is 502. The lowest BCUT2D eigenvalue weighted by atomic mass is 9.80. The summed E-state index contributed by atoms with van der Waals surface area (Å²) in [7, 11) is 0. The molecule has 2 rings (SSSR count). The quantitative estimate of drug-likeness (QED) is 0.911. The van der Waals surface area contributed by atoms with Crippen LogP contribution in [-0.4, -0.2) is 29.9 Å². The largest absolute Gasteiger partial charge is 0.382 e. The number of likely N-dealkylation sites (tertiary alicyclic amines) is 1. The molecule has 1 heterocycles. The van der Waals surface area contributed by atoms with Crippen LogP contribution in [0.1, 0.15) is 51.4 Å². The Morgan fingerprint density at radius 1 is 1.29 bits per heavy atom. The summed E-state index contributed by atoms with van der Waals surface area (Å²) in [5, 5.41) is 3.37. The molecule has 1 saturated heterocycles. The molecule has 0 bridgehead atoms. The van der Waals surface area contributed by atoms with Crippen molar-refractivity contribution in [1.29, 1.82) is 0 Å². The molecule has 0 spiro atoms. The molecule has 0 saturated carbocycles. The summed E-state index contributed by atoms with van der Waals surface area (Å²) in [6, 6.07) is 8.15. The Balaban J connectivity index is 2.15. The van der Waals surface area contributed by atoms with Gasteiger partial charge >= 0.3 is 0 Å². The van der Waals surface area contributed by atoms with Crippen LogP contribution in [0, 0.1) is 11.3 Å². The zero-order valence-corrected chi connectivity index (χ0v) is 13.9. The average Bonchev–Trinajstić information content (AvgIpc) is 2.87. The van der Waals surface area contributed by atoms with E-state index in [2.05, 4.69) is 39.9 Å². The summed E-state index contributed by atoms with van der Waals surface area (Å²) in [4.78, 5) is 14.8. The zero-order valence-electron chi connectivity index (χ0n) is 13.9. The van der Waals surface area contributed by atoms with E-state index in [1.54, 1.807) is 0 Å². The van der Waals surface area contributed by atoms with Crippen LogP contribution in [-0.2, 0) is 0 Å². The highest BCUT2D eigenvalue weighted by molar-refractivity contribution is 5.99. The Kier molecular flexibility index (Phi) is 4.60. The van der Waals surface area contributed by atoms with Gasteiger partial charge in [-0.2, -0.15) is 0 Å². The molecule has 1 fully saturated rings. The number of anilines is 1. The average molecular weight is 288 g/mol. The molecule has 1 aliphatic rings. The number of hydrogen-bond donors (Lipinski definition) is 1. The van der Waals surface area contributed by atoms with Crippen molar-refractivity contribution < 1.29 is 4.79 Å². The molecule has 1 aliphatic heterocycles. The van der Waals surface area contributed by atoms with Crippen LogP contribution in [0.2, 0.25) is 0 Å². The van der Waals surface area contributed by atoms with E-state index in [0.717, 1.165) is 30.8 Å². The first-order chi connectivity index (χ1) is 9.79. The lowest BCUT2D eigenvalue weighted by molar-refractivity contribution is 0.0777. The van der Waals surface area contributed by atoms with Crippen LogP contribution in [0.15, 0.2) is 24.3 Å². The highest BCUT2D eigenvalue weighted by Crippen LogP contribution is 2.34. The number of hydrogen-bond acceptors (Lipinski definition) is 2. The van der Waals surface area contributed by atoms with Crippen LogP contribution < -0.4 is 5.32 Å². The van der Waals surface area contributed by atoms with E-state index in [0.29, 0.717) is 12.0 Å². The minimum atomic E-state index is 0.158. The molecule has 116 valence electrons. The van der Waals surface area contributed by atoms with Crippen molar-refractivity contribution in [2.75, 3.05) is 18.4 Å². The summed E-state index contributed by atoms with van der Waals surface area (Å²) >= 11 is 0. The van der Waals surface area contributed by atoms with Crippen molar-refractivity contribution in [2.45, 2.75) is 47.1 Å². The van der Waals surface area contributed by atoms with Crippen molar-refractivity contribution in [3.63, 3.8) is 0 Å². The van der Waals surface area contributed by atoms with Gasteiger partial charge in [-0.05, 0) is 43.7 Å². The Morgan fingerprint density at radius 2 is 1.95 bits per heavy atom. The first-order valence-corrected chi connectivity index (χ1v) is 7.94. The second-order valence-corrected chi connectivity index (χ2v) is 7.45. The third-order valence-corrected chi connectivity index (χ3v) is 4.30. The molecule has 1 aromatic rings. The third kappa shape index (κ3) is 3.78. The van der Waals surface area contributed by atoms with E-state index in [-0.39, 0.29) is 11.3 Å². The van der Waals surface area contributed by atoms with Gasteiger partial charge in [0.1, 0.15) is 0 Å². The van der Waals surface area contributed by atoms with Crippen LogP contribution in [0.4, 0.5) is 5.69 Å². The van der Waals surface area contributed by atoms with Gasteiger partial charge in [0.15, 0.2) is 0 Å². The second-order valence-electron chi connectivity index (χ2n) is 7.45. The molecule has 21 heavy (non-hydrogen) atoms. The van der Waals surface area contributed by atoms with Gasteiger partial charge in [0.05, 0.1) is 5.56 Å². The zero-order chi connectivity index (χ0) is 15.6. The number of para-hydroxylation sites is 1. The van der Waals surface area contributed by atoms with E-state index >= 15 is 0 Å². The van der Waals surface area contributed by atoms with E-state index < -0.39 is 0 Å². The Labute approximate surface area is 128 Å². The highest BCUT2D eigenvalue weighted by atomic mass is 16.2. The van der Waals surface area contributed by atoms with Gasteiger partial charge in [-0.25, -0.2) is 0 Å². The number of nitrogens with zero attached hydrogens (tertiary/aromatic N) is 1. The molecular formula is C18H28N2O. The minimum absolute atomic E-state index is 0.158. The number of amides is 1. The van der Waals surface area contributed by atoms with Gasteiger partial charge in [0.2, 0.25) is 0 Å². The molecule has 0 radical (unpaired) electrons. The summed E-state index contributed by atoms with van der Waals surface area (Å²) < 4.78 is 0. The molecule has 1 N–H and O–H groups in total. The van der Waals surface area contributed by atoms with E-state index in [9.17, 15) is 4.79 Å². The smallest absolute Gasteiger partial charge is 0.255 e. The lowest BCUT2D eigenvalue weighted by Gasteiger charge is -2.27. The van der Waals surface area contributed by atoms with Crippen LogP contribution in [0.5, 0.6) is 0 Å². The maximum atomic E-state index is 12.8. The predicted octanol–water partition coefficient (Wildman–Crippen LogP) is 4.02. The van der Waals surface area contributed by atoms with E-state index in [1.165, 1.54) is 0 Å². The van der Waals surface area contributed by atoms with Gasteiger partial charge in [-0.15, -0.1) is 0 Å². The fourth-order valence-corrected chi connectivity index (χ4v) is 2.93. The van der Waals surface area contributed by atoms with Crippen LogP contribution in [0.3, 0.4) is 0 Å². The molecule has 0 aromatic heterocycles. The minimum Gasteiger partial charge on any atom is -0.382 e. The molecular weight excluding hydrogens is 260 g/mol. The van der Waals surface area contributed by atoms with Gasteiger partial charge in [-0.3, -0.25) is 4.79 Å². The number of rotatable bonds is 3. The molecule has 3 nitrogen and oxygen atoms in total. The van der Waals surface area contributed by atoms with Crippen LogP contribution in [0.25, 0.3) is 0 Å². The molecule has 3 heteroatoms. The maximum absolute atomic E-state index is 12.8. The summed E-state index contributed by atoms with van der Waals surface area (Å²) in [5.41, 5.74) is 2.00. The Hall–Kier alpha value is -1.51. The van der Waals surface area contributed by atoms with Crippen molar-refractivity contribution >= 4 is 11.6 Å². The fraction of sp³-hybridized carbons (Fsp3) is 0.611. The topological polar surface area (TPSA) is 32.3 Å². The molecule has 1 amide bonds. The van der Waals surface area contributed by atoms with Gasteiger partial charge < -0.3 is 10.2 Å². The second kappa shape index (κ2) is 6.08. The summed E-state index contributed by atoms with van der Waals surface area (Å²) in [6.45, 7) is 12.7. The van der Waals surface area contributed by atoms with Crippen LogP contribution >= 0.6 is 0 Å². The van der Waals surface area contributed by atoms with E-state index in [1.807, 2.05) is 29.2 Å². The number of carbonyl (C=O) groups is 1. The molecule has 1 atom stereocenters. The normalized spacial score (nSPS) is 19.1.